The highest BCUT2D eigenvalue weighted by molar-refractivity contribution is 6.23. The molecule has 3 nitrogen and oxygen atoms in total. The smallest absolute Gasteiger partial charge is 0.238 e. The van der Waals surface area contributed by atoms with E-state index in [0.29, 0.717) is 0 Å². The van der Waals surface area contributed by atoms with Crippen molar-refractivity contribution in [2.75, 3.05) is 4.90 Å². The van der Waals surface area contributed by atoms with Gasteiger partial charge in [0.25, 0.3) is 0 Å². The van der Waals surface area contributed by atoms with Crippen molar-refractivity contribution in [2.24, 2.45) is 23.7 Å². The van der Waals surface area contributed by atoms with Gasteiger partial charge in [-0.25, -0.2) is 4.90 Å². The van der Waals surface area contributed by atoms with Crippen LogP contribution < -0.4 is 4.90 Å². The largest absolute Gasteiger partial charge is 0.274 e. The van der Waals surface area contributed by atoms with E-state index >= 15 is 0 Å². The zero-order valence-corrected chi connectivity index (χ0v) is 15.5. The first-order chi connectivity index (χ1) is 12.6. The lowest BCUT2D eigenvalue weighted by Gasteiger charge is -2.24. The predicted molar refractivity (Wildman–Crippen MR) is 102 cm³/mol. The SMILES string of the molecule is Cc1ccc(C)c(N2C(=O)[C@@H]3[C@H](C2=O)[C@@H]2C=C[C@@H]3C2=C2CCCCC2)c1. The molecule has 1 aromatic carbocycles. The molecule has 134 valence electrons. The molecule has 4 atom stereocenters. The van der Waals surface area contributed by atoms with Crippen molar-refractivity contribution in [2.45, 2.75) is 46.0 Å². The minimum Gasteiger partial charge on any atom is -0.274 e. The van der Waals surface area contributed by atoms with E-state index in [0.717, 1.165) is 29.7 Å². The molecule has 5 rings (SSSR count). The number of carbonyl (C=O) groups excluding carboxylic acids is 2. The van der Waals surface area contributed by atoms with Gasteiger partial charge in [-0.15, -0.1) is 0 Å². The lowest BCUT2D eigenvalue weighted by molar-refractivity contribution is -0.122. The minimum absolute atomic E-state index is 0.0134. The molecule has 1 heterocycles. The van der Waals surface area contributed by atoms with Gasteiger partial charge in [0.1, 0.15) is 0 Å². The first kappa shape index (κ1) is 16.0. The number of hydrogen-bond donors (Lipinski definition) is 0. The lowest BCUT2D eigenvalue weighted by Crippen LogP contribution is -2.34. The van der Waals surface area contributed by atoms with Gasteiger partial charge in [0, 0.05) is 11.8 Å². The van der Waals surface area contributed by atoms with Gasteiger partial charge < -0.3 is 0 Å². The number of nitrogens with zero attached hydrogens (tertiary/aromatic N) is 1. The Kier molecular flexibility index (Phi) is 3.50. The predicted octanol–water partition coefficient (Wildman–Crippen LogP) is 4.49. The van der Waals surface area contributed by atoms with Crippen LogP contribution in [0.2, 0.25) is 0 Å². The minimum atomic E-state index is -0.179. The molecule has 2 bridgehead atoms. The Balaban J connectivity index is 1.55. The maximum Gasteiger partial charge on any atom is 0.238 e. The molecule has 0 aromatic heterocycles. The normalized spacial score (nSPS) is 32.8. The van der Waals surface area contributed by atoms with E-state index in [1.807, 2.05) is 32.0 Å². The highest BCUT2D eigenvalue weighted by Crippen LogP contribution is 2.58. The fraction of sp³-hybridized carbons (Fsp3) is 0.478. The number of aryl methyl sites for hydroxylation is 2. The van der Waals surface area contributed by atoms with Gasteiger partial charge in [-0.1, -0.05) is 41.9 Å². The second-order valence-electron chi connectivity index (χ2n) is 8.41. The third kappa shape index (κ3) is 2.06. The van der Waals surface area contributed by atoms with Crippen LogP contribution in [0.3, 0.4) is 0 Å². The van der Waals surface area contributed by atoms with Crippen molar-refractivity contribution in [1.29, 1.82) is 0 Å². The standard InChI is InChI=1S/C23H25NO2/c1-13-8-9-14(2)18(12-13)24-22(25)20-16-10-11-17(21(20)23(24)26)19(16)15-6-4-3-5-7-15/h8-12,16-17,20-21H,3-7H2,1-2H3/t16-,17-,20-,21+/m1/s1. The molecule has 1 aliphatic heterocycles. The zero-order chi connectivity index (χ0) is 18.0. The maximum absolute atomic E-state index is 13.3. The van der Waals surface area contributed by atoms with Crippen molar-refractivity contribution in [3.63, 3.8) is 0 Å². The quantitative estimate of drug-likeness (QED) is 0.555. The number of carbonyl (C=O) groups is 2. The van der Waals surface area contributed by atoms with Gasteiger partial charge in [-0.2, -0.15) is 0 Å². The number of allylic oxidation sites excluding steroid dienone is 4. The summed E-state index contributed by atoms with van der Waals surface area (Å²) in [6, 6.07) is 6.01. The summed E-state index contributed by atoms with van der Waals surface area (Å²) in [5.41, 5.74) is 5.82. The molecule has 1 saturated heterocycles. The second kappa shape index (κ2) is 5.67. The fourth-order valence-corrected chi connectivity index (χ4v) is 5.70. The summed E-state index contributed by atoms with van der Waals surface area (Å²) < 4.78 is 0. The number of hydrogen-bond acceptors (Lipinski definition) is 2. The molecule has 0 spiro atoms. The Labute approximate surface area is 154 Å². The highest BCUT2D eigenvalue weighted by atomic mass is 16.2. The number of amides is 2. The van der Waals surface area contributed by atoms with Crippen LogP contribution in [0.1, 0.15) is 43.2 Å². The number of fused-ring (bicyclic) bond motifs is 5. The molecule has 3 heteroatoms. The van der Waals surface area contributed by atoms with Crippen LogP contribution in [0.5, 0.6) is 0 Å². The van der Waals surface area contributed by atoms with Crippen molar-refractivity contribution in [3.05, 3.63) is 52.6 Å². The van der Waals surface area contributed by atoms with Gasteiger partial charge >= 0.3 is 0 Å². The average Bonchev–Trinajstić information content (AvgIpc) is 3.28. The number of benzene rings is 1. The summed E-state index contributed by atoms with van der Waals surface area (Å²) in [5.74, 6) is -0.0167. The summed E-state index contributed by atoms with van der Waals surface area (Å²) in [4.78, 5) is 28.1. The summed E-state index contributed by atoms with van der Waals surface area (Å²) in [7, 11) is 0. The van der Waals surface area contributed by atoms with E-state index in [2.05, 4.69) is 12.2 Å². The molecule has 3 aliphatic carbocycles. The Morgan fingerprint density at radius 1 is 0.885 bits per heavy atom. The van der Waals surface area contributed by atoms with Crippen LogP contribution in [0.25, 0.3) is 0 Å². The van der Waals surface area contributed by atoms with Crippen LogP contribution in [0.15, 0.2) is 41.5 Å². The number of rotatable bonds is 1. The molecular weight excluding hydrogens is 322 g/mol. The van der Waals surface area contributed by atoms with Crippen LogP contribution >= 0.6 is 0 Å². The monoisotopic (exact) mass is 347 g/mol. The first-order valence-corrected chi connectivity index (χ1v) is 9.93. The van der Waals surface area contributed by atoms with Crippen molar-refractivity contribution in [1.82, 2.24) is 0 Å². The third-order valence-corrected chi connectivity index (χ3v) is 6.89. The Morgan fingerprint density at radius 2 is 1.50 bits per heavy atom. The van der Waals surface area contributed by atoms with Gasteiger partial charge in [0.2, 0.25) is 11.8 Å². The summed E-state index contributed by atoms with van der Waals surface area (Å²) in [6.45, 7) is 3.98. The van der Waals surface area contributed by atoms with Crippen molar-refractivity contribution in [3.8, 4) is 0 Å². The van der Waals surface area contributed by atoms with E-state index in [1.165, 1.54) is 29.7 Å². The number of imide groups is 1. The molecular formula is C23H25NO2. The Hall–Kier alpha value is -2.16. The van der Waals surface area contributed by atoms with E-state index in [4.69, 9.17) is 0 Å². The molecule has 3 fully saturated rings. The third-order valence-electron chi connectivity index (χ3n) is 6.89. The van der Waals surface area contributed by atoms with Gasteiger partial charge in [0.05, 0.1) is 17.5 Å². The molecule has 0 radical (unpaired) electrons. The van der Waals surface area contributed by atoms with Crippen molar-refractivity contribution >= 4 is 17.5 Å². The molecule has 2 amide bonds. The van der Waals surface area contributed by atoms with Crippen LogP contribution in [-0.4, -0.2) is 11.8 Å². The van der Waals surface area contributed by atoms with Gasteiger partial charge in [0.15, 0.2) is 0 Å². The Morgan fingerprint density at radius 3 is 2.12 bits per heavy atom. The van der Waals surface area contributed by atoms with Crippen molar-refractivity contribution < 1.29 is 9.59 Å². The van der Waals surface area contributed by atoms with Crippen LogP contribution in [-0.2, 0) is 9.59 Å². The topological polar surface area (TPSA) is 37.4 Å². The number of anilines is 1. The van der Waals surface area contributed by atoms with E-state index < -0.39 is 0 Å². The van der Waals surface area contributed by atoms with Crippen LogP contribution in [0, 0.1) is 37.5 Å². The van der Waals surface area contributed by atoms with Crippen LogP contribution in [0.4, 0.5) is 5.69 Å². The molecule has 4 aliphatic rings. The van der Waals surface area contributed by atoms with Gasteiger partial charge in [-0.05, 0) is 56.7 Å². The molecule has 0 N–H and O–H groups in total. The maximum atomic E-state index is 13.3. The summed E-state index contributed by atoms with van der Waals surface area (Å²) >= 11 is 0. The van der Waals surface area contributed by atoms with E-state index in [1.54, 1.807) is 5.57 Å². The summed E-state index contributed by atoms with van der Waals surface area (Å²) in [6.07, 6.45) is 10.6. The molecule has 2 saturated carbocycles. The van der Waals surface area contributed by atoms with E-state index in [9.17, 15) is 9.59 Å². The highest BCUT2D eigenvalue weighted by Gasteiger charge is 2.62. The molecule has 1 aromatic rings. The molecule has 26 heavy (non-hydrogen) atoms. The van der Waals surface area contributed by atoms with E-state index in [-0.39, 0.29) is 35.5 Å². The second-order valence-corrected chi connectivity index (χ2v) is 8.41. The Bertz CT molecular complexity index is 836. The fourth-order valence-electron chi connectivity index (χ4n) is 5.70. The summed E-state index contributed by atoms with van der Waals surface area (Å²) in [5, 5.41) is 0. The average molecular weight is 347 g/mol. The lowest BCUT2D eigenvalue weighted by atomic mass is 9.85. The first-order valence-electron chi connectivity index (χ1n) is 9.93. The zero-order valence-electron chi connectivity index (χ0n) is 15.5. The van der Waals surface area contributed by atoms with Gasteiger partial charge in [-0.3, -0.25) is 9.59 Å². The molecule has 0 unspecified atom stereocenters.